The standard InChI is InChI=1S/C18H17FN4O2S2/c1-3-23-17(16-5-4-8-26-16)21-22-18(23)27-10-15(25)13-7-6-12(9-14(13)19)20-11(2)24/h4-9H,3,10H2,1-2H3,(H,20,24). The van der Waals surface area contributed by atoms with Crippen molar-refractivity contribution in [2.75, 3.05) is 11.1 Å². The zero-order chi connectivity index (χ0) is 19.4. The van der Waals surface area contributed by atoms with Gasteiger partial charge in [-0.25, -0.2) is 4.39 Å². The molecule has 1 amide bonds. The second-order valence-corrected chi connectivity index (χ2v) is 7.51. The molecular formula is C18H17FN4O2S2. The van der Waals surface area contributed by atoms with Gasteiger partial charge in [0.1, 0.15) is 5.82 Å². The highest BCUT2D eigenvalue weighted by Crippen LogP contribution is 2.27. The van der Waals surface area contributed by atoms with Gasteiger partial charge in [-0.3, -0.25) is 9.59 Å². The van der Waals surface area contributed by atoms with E-state index in [9.17, 15) is 14.0 Å². The Kier molecular flexibility index (Phi) is 6.02. The average Bonchev–Trinajstić information content (AvgIpc) is 3.28. The number of nitrogens with zero attached hydrogens (tertiary/aromatic N) is 3. The highest BCUT2D eigenvalue weighted by molar-refractivity contribution is 7.99. The number of amides is 1. The normalized spacial score (nSPS) is 10.8. The van der Waals surface area contributed by atoms with Crippen LogP contribution in [0.25, 0.3) is 10.7 Å². The lowest BCUT2D eigenvalue weighted by atomic mass is 10.1. The van der Waals surface area contributed by atoms with Crippen molar-refractivity contribution in [2.24, 2.45) is 0 Å². The zero-order valence-electron chi connectivity index (χ0n) is 14.7. The highest BCUT2D eigenvalue weighted by atomic mass is 32.2. The Morgan fingerprint density at radius 2 is 2.11 bits per heavy atom. The summed E-state index contributed by atoms with van der Waals surface area (Å²) in [5, 5.41) is 13.4. The second kappa shape index (κ2) is 8.45. The van der Waals surface area contributed by atoms with E-state index in [2.05, 4.69) is 15.5 Å². The average molecular weight is 404 g/mol. The van der Waals surface area contributed by atoms with Gasteiger partial charge in [0.15, 0.2) is 16.8 Å². The first-order valence-electron chi connectivity index (χ1n) is 8.19. The monoisotopic (exact) mass is 404 g/mol. The van der Waals surface area contributed by atoms with Crippen LogP contribution < -0.4 is 5.32 Å². The maximum absolute atomic E-state index is 14.2. The number of carbonyl (C=O) groups is 2. The van der Waals surface area contributed by atoms with E-state index in [-0.39, 0.29) is 23.0 Å². The number of thiophene rings is 1. The molecular weight excluding hydrogens is 387 g/mol. The summed E-state index contributed by atoms with van der Waals surface area (Å²) in [6, 6.07) is 7.94. The molecule has 0 aliphatic rings. The SMILES string of the molecule is CCn1c(SCC(=O)c2ccc(NC(C)=O)cc2F)nnc1-c1cccs1. The molecule has 0 saturated heterocycles. The topological polar surface area (TPSA) is 76.9 Å². The molecule has 0 atom stereocenters. The maximum atomic E-state index is 14.2. The summed E-state index contributed by atoms with van der Waals surface area (Å²) < 4.78 is 16.1. The summed E-state index contributed by atoms with van der Waals surface area (Å²) in [6.45, 7) is 3.98. The van der Waals surface area contributed by atoms with Gasteiger partial charge in [0.2, 0.25) is 5.91 Å². The van der Waals surface area contributed by atoms with E-state index >= 15 is 0 Å². The van der Waals surface area contributed by atoms with Crippen LogP contribution in [0, 0.1) is 5.82 Å². The fourth-order valence-electron chi connectivity index (χ4n) is 2.50. The molecule has 0 radical (unpaired) electrons. The number of nitrogens with one attached hydrogen (secondary N) is 1. The van der Waals surface area contributed by atoms with E-state index in [0.717, 1.165) is 16.8 Å². The van der Waals surface area contributed by atoms with Crippen molar-refractivity contribution >= 4 is 40.5 Å². The summed E-state index contributed by atoms with van der Waals surface area (Å²) in [7, 11) is 0. The minimum Gasteiger partial charge on any atom is -0.326 e. The quantitative estimate of drug-likeness (QED) is 0.474. The molecule has 3 aromatic rings. The second-order valence-electron chi connectivity index (χ2n) is 5.62. The molecule has 0 bridgehead atoms. The largest absolute Gasteiger partial charge is 0.326 e. The van der Waals surface area contributed by atoms with Crippen molar-refractivity contribution in [3.05, 3.63) is 47.1 Å². The molecule has 6 nitrogen and oxygen atoms in total. The summed E-state index contributed by atoms with van der Waals surface area (Å²) in [5.41, 5.74) is 0.299. The number of hydrogen-bond acceptors (Lipinski definition) is 6. The van der Waals surface area contributed by atoms with Gasteiger partial charge >= 0.3 is 0 Å². The Morgan fingerprint density at radius 3 is 2.74 bits per heavy atom. The molecule has 0 aliphatic carbocycles. The first-order chi connectivity index (χ1) is 13.0. The lowest BCUT2D eigenvalue weighted by Crippen LogP contribution is -2.09. The highest BCUT2D eigenvalue weighted by Gasteiger charge is 2.17. The smallest absolute Gasteiger partial charge is 0.221 e. The number of ketones is 1. The van der Waals surface area contributed by atoms with Crippen molar-refractivity contribution in [1.82, 2.24) is 14.8 Å². The van der Waals surface area contributed by atoms with Crippen LogP contribution in [0.1, 0.15) is 24.2 Å². The third-order valence-electron chi connectivity index (χ3n) is 3.70. The lowest BCUT2D eigenvalue weighted by molar-refractivity contribution is -0.114. The van der Waals surface area contributed by atoms with Crippen LogP contribution in [0.5, 0.6) is 0 Å². The maximum Gasteiger partial charge on any atom is 0.221 e. The molecule has 27 heavy (non-hydrogen) atoms. The van der Waals surface area contributed by atoms with Gasteiger partial charge in [-0.15, -0.1) is 21.5 Å². The Hall–Kier alpha value is -2.52. The molecule has 0 unspecified atom stereocenters. The number of hydrogen-bond donors (Lipinski definition) is 1. The van der Waals surface area contributed by atoms with Crippen molar-refractivity contribution in [3.8, 4) is 10.7 Å². The predicted molar refractivity (Wildman–Crippen MR) is 105 cm³/mol. The molecule has 2 aromatic heterocycles. The van der Waals surface area contributed by atoms with Gasteiger partial charge in [-0.2, -0.15) is 0 Å². The zero-order valence-corrected chi connectivity index (χ0v) is 16.4. The van der Waals surface area contributed by atoms with Gasteiger partial charge in [-0.1, -0.05) is 17.8 Å². The van der Waals surface area contributed by atoms with E-state index in [1.54, 1.807) is 11.3 Å². The summed E-state index contributed by atoms with van der Waals surface area (Å²) in [4.78, 5) is 24.4. The minimum atomic E-state index is -0.664. The van der Waals surface area contributed by atoms with Crippen molar-refractivity contribution in [2.45, 2.75) is 25.5 Å². The third-order valence-corrected chi connectivity index (χ3v) is 5.53. The van der Waals surface area contributed by atoms with E-state index in [1.807, 2.05) is 29.0 Å². The Bertz CT molecular complexity index is 970. The van der Waals surface area contributed by atoms with Crippen molar-refractivity contribution in [1.29, 1.82) is 0 Å². The van der Waals surface area contributed by atoms with E-state index in [0.29, 0.717) is 17.4 Å². The van der Waals surface area contributed by atoms with Gasteiger partial charge < -0.3 is 9.88 Å². The number of thioether (sulfide) groups is 1. The lowest BCUT2D eigenvalue weighted by Gasteiger charge is -2.07. The molecule has 0 fully saturated rings. The third kappa shape index (κ3) is 4.42. The van der Waals surface area contributed by atoms with Gasteiger partial charge in [0, 0.05) is 19.2 Å². The molecule has 1 aromatic carbocycles. The van der Waals surface area contributed by atoms with Crippen molar-refractivity contribution in [3.63, 3.8) is 0 Å². The van der Waals surface area contributed by atoms with E-state index < -0.39 is 5.82 Å². The molecule has 9 heteroatoms. The fourth-order valence-corrected chi connectivity index (χ4v) is 4.10. The first kappa shape index (κ1) is 19.2. The van der Waals surface area contributed by atoms with Crippen LogP contribution in [0.3, 0.4) is 0 Å². The van der Waals surface area contributed by atoms with Crippen LogP contribution in [0.4, 0.5) is 10.1 Å². The Labute approximate surface area is 163 Å². The predicted octanol–water partition coefficient (Wildman–Crippen LogP) is 4.10. The van der Waals surface area contributed by atoms with Crippen LogP contribution in [0.2, 0.25) is 0 Å². The Balaban J connectivity index is 1.72. The van der Waals surface area contributed by atoms with E-state index in [4.69, 9.17) is 0 Å². The minimum absolute atomic E-state index is 0.0161. The van der Waals surface area contributed by atoms with Gasteiger partial charge in [0.25, 0.3) is 0 Å². The summed E-state index contributed by atoms with van der Waals surface area (Å²) in [5.74, 6) is -0.519. The number of carbonyl (C=O) groups excluding carboxylic acids is 2. The van der Waals surface area contributed by atoms with Gasteiger partial charge in [0.05, 0.1) is 16.2 Å². The first-order valence-corrected chi connectivity index (χ1v) is 10.1. The van der Waals surface area contributed by atoms with Crippen LogP contribution >= 0.6 is 23.1 Å². The molecule has 140 valence electrons. The number of aromatic nitrogens is 3. The Morgan fingerprint density at radius 1 is 1.30 bits per heavy atom. The van der Waals surface area contributed by atoms with E-state index in [1.165, 1.54) is 30.8 Å². The van der Waals surface area contributed by atoms with Crippen LogP contribution in [-0.2, 0) is 11.3 Å². The fraction of sp³-hybridized carbons (Fsp3) is 0.222. The van der Waals surface area contributed by atoms with Crippen LogP contribution in [-0.4, -0.2) is 32.2 Å². The number of benzene rings is 1. The molecule has 0 spiro atoms. The number of anilines is 1. The number of rotatable bonds is 7. The molecule has 3 rings (SSSR count). The molecule has 2 heterocycles. The van der Waals surface area contributed by atoms with Gasteiger partial charge in [-0.05, 0) is 36.6 Å². The molecule has 1 N–H and O–H groups in total. The number of halogens is 1. The van der Waals surface area contributed by atoms with Crippen LogP contribution in [0.15, 0.2) is 40.9 Å². The number of Topliss-reactive ketones (excluding diaryl/α,β-unsaturated/α-hetero) is 1. The van der Waals surface area contributed by atoms with Crippen molar-refractivity contribution < 1.29 is 14.0 Å². The molecule has 0 aliphatic heterocycles. The summed E-state index contributed by atoms with van der Waals surface area (Å²) >= 11 is 2.79. The summed E-state index contributed by atoms with van der Waals surface area (Å²) in [6.07, 6.45) is 0. The molecule has 0 saturated carbocycles.